The van der Waals surface area contributed by atoms with Gasteiger partial charge in [-0.3, -0.25) is 4.79 Å². The number of carbonyl (C=O) groups excluding carboxylic acids is 1. The van der Waals surface area contributed by atoms with Crippen molar-refractivity contribution in [2.24, 2.45) is 5.73 Å². The van der Waals surface area contributed by atoms with Gasteiger partial charge >= 0.3 is 0 Å². The van der Waals surface area contributed by atoms with E-state index in [9.17, 15) is 13.6 Å². The van der Waals surface area contributed by atoms with Gasteiger partial charge in [0.2, 0.25) is 5.91 Å². The highest BCUT2D eigenvalue weighted by atomic mass is 19.1. The molecule has 4 N–H and O–H groups in total. The second-order valence-electron chi connectivity index (χ2n) is 4.16. The largest absolute Gasteiger partial charge is 0.486 e. The number of nitrogen functional groups attached to an aromatic ring is 1. The molecule has 0 aliphatic rings. The molecular formula is C14H12F2N2O2. The summed E-state index contributed by atoms with van der Waals surface area (Å²) < 4.78 is 31.9. The lowest BCUT2D eigenvalue weighted by Crippen LogP contribution is -2.11. The molecular weight excluding hydrogens is 266 g/mol. The number of primary amides is 1. The summed E-state index contributed by atoms with van der Waals surface area (Å²) >= 11 is 0. The maximum Gasteiger partial charge on any atom is 0.248 e. The van der Waals surface area contributed by atoms with Gasteiger partial charge in [0.1, 0.15) is 12.4 Å². The van der Waals surface area contributed by atoms with Crippen LogP contribution in [-0.2, 0) is 6.61 Å². The molecule has 0 saturated carbocycles. The second kappa shape index (κ2) is 5.56. The molecule has 4 nitrogen and oxygen atoms in total. The third-order valence-electron chi connectivity index (χ3n) is 2.66. The van der Waals surface area contributed by atoms with E-state index < -0.39 is 17.5 Å². The Morgan fingerprint density at radius 1 is 1.15 bits per heavy atom. The third-order valence-corrected chi connectivity index (χ3v) is 2.66. The Kier molecular flexibility index (Phi) is 3.84. The molecule has 6 heteroatoms. The molecule has 104 valence electrons. The van der Waals surface area contributed by atoms with Crippen molar-refractivity contribution < 1.29 is 18.3 Å². The molecule has 0 radical (unpaired) electrons. The summed E-state index contributed by atoms with van der Waals surface area (Å²) in [5.74, 6) is -2.33. The Balaban J connectivity index is 2.15. The average Bonchev–Trinajstić information content (AvgIpc) is 2.41. The van der Waals surface area contributed by atoms with E-state index in [4.69, 9.17) is 16.2 Å². The molecule has 0 aromatic heterocycles. The number of amides is 1. The number of halogens is 2. The zero-order valence-electron chi connectivity index (χ0n) is 10.4. The van der Waals surface area contributed by atoms with Crippen LogP contribution in [0.2, 0.25) is 0 Å². The normalized spacial score (nSPS) is 10.3. The highest BCUT2D eigenvalue weighted by Gasteiger charge is 2.09. The van der Waals surface area contributed by atoms with E-state index in [2.05, 4.69) is 0 Å². The fourth-order valence-corrected chi connectivity index (χ4v) is 1.63. The molecule has 0 atom stereocenters. The van der Waals surface area contributed by atoms with E-state index in [1.807, 2.05) is 0 Å². The summed E-state index contributed by atoms with van der Waals surface area (Å²) in [6.45, 7) is -0.0264. The molecule has 1 amide bonds. The Bertz CT molecular complexity index is 660. The number of carbonyl (C=O) groups is 1. The van der Waals surface area contributed by atoms with Gasteiger partial charge in [-0.2, -0.15) is 0 Å². The molecule has 0 aliphatic carbocycles. The average molecular weight is 278 g/mol. The summed E-state index contributed by atoms with van der Waals surface area (Å²) in [6.07, 6.45) is 0. The highest BCUT2D eigenvalue weighted by Crippen LogP contribution is 2.23. The van der Waals surface area contributed by atoms with Gasteiger partial charge in [-0.05, 0) is 17.7 Å². The smallest absolute Gasteiger partial charge is 0.248 e. The minimum Gasteiger partial charge on any atom is -0.486 e. The van der Waals surface area contributed by atoms with Gasteiger partial charge in [-0.25, -0.2) is 8.78 Å². The highest BCUT2D eigenvalue weighted by molar-refractivity contribution is 5.92. The van der Waals surface area contributed by atoms with Crippen LogP contribution in [0.1, 0.15) is 15.9 Å². The number of hydrogen-bond acceptors (Lipinski definition) is 3. The monoisotopic (exact) mass is 278 g/mol. The van der Waals surface area contributed by atoms with Crippen LogP contribution in [-0.4, -0.2) is 5.91 Å². The molecule has 0 bridgehead atoms. The molecule has 0 spiro atoms. The van der Waals surface area contributed by atoms with Gasteiger partial charge < -0.3 is 16.2 Å². The van der Waals surface area contributed by atoms with Crippen molar-refractivity contribution in [3.63, 3.8) is 0 Å². The lowest BCUT2D eigenvalue weighted by molar-refractivity contribution is 0.1000. The van der Waals surface area contributed by atoms with Gasteiger partial charge in [0.15, 0.2) is 11.6 Å². The first-order valence-corrected chi connectivity index (χ1v) is 5.73. The van der Waals surface area contributed by atoms with Crippen molar-refractivity contribution in [2.45, 2.75) is 6.61 Å². The zero-order chi connectivity index (χ0) is 14.7. The minimum atomic E-state index is -0.757. The van der Waals surface area contributed by atoms with Crippen LogP contribution < -0.4 is 16.2 Å². The molecule has 0 unspecified atom stereocenters. The fraction of sp³-hybridized carbons (Fsp3) is 0.0714. The Morgan fingerprint density at radius 2 is 1.90 bits per heavy atom. The molecule has 0 fully saturated rings. The van der Waals surface area contributed by atoms with Crippen LogP contribution in [0.15, 0.2) is 36.4 Å². The Morgan fingerprint density at radius 3 is 2.60 bits per heavy atom. The lowest BCUT2D eigenvalue weighted by Gasteiger charge is -2.09. The van der Waals surface area contributed by atoms with E-state index >= 15 is 0 Å². The van der Waals surface area contributed by atoms with E-state index in [-0.39, 0.29) is 18.0 Å². The summed E-state index contributed by atoms with van der Waals surface area (Å²) in [4.78, 5) is 11.0. The van der Waals surface area contributed by atoms with Gasteiger partial charge in [0.05, 0.1) is 5.69 Å². The Labute approximate surface area is 114 Å². The topological polar surface area (TPSA) is 78.3 Å². The predicted molar refractivity (Wildman–Crippen MR) is 70.1 cm³/mol. The molecule has 0 heterocycles. The number of anilines is 1. The maximum absolute atomic E-state index is 13.5. The van der Waals surface area contributed by atoms with Crippen molar-refractivity contribution in [3.8, 4) is 5.75 Å². The van der Waals surface area contributed by atoms with Crippen LogP contribution in [0.4, 0.5) is 14.5 Å². The lowest BCUT2D eigenvalue weighted by atomic mass is 10.1. The van der Waals surface area contributed by atoms with E-state index in [1.54, 1.807) is 18.2 Å². The van der Waals surface area contributed by atoms with Crippen molar-refractivity contribution in [2.75, 3.05) is 5.73 Å². The van der Waals surface area contributed by atoms with Crippen LogP contribution >= 0.6 is 0 Å². The van der Waals surface area contributed by atoms with Crippen molar-refractivity contribution in [1.82, 2.24) is 0 Å². The standard InChI is InChI=1S/C14H12F2N2O2/c15-10-6-13(11(16)5-12(10)17)20-7-8-2-1-3-9(4-8)14(18)19/h1-6H,7,17H2,(H2,18,19). The number of nitrogens with two attached hydrogens (primary N) is 2. The molecule has 20 heavy (non-hydrogen) atoms. The van der Waals surface area contributed by atoms with E-state index in [0.717, 1.165) is 12.1 Å². The van der Waals surface area contributed by atoms with Crippen LogP contribution in [0, 0.1) is 11.6 Å². The SMILES string of the molecule is NC(=O)c1cccc(COc2cc(F)c(N)cc2F)c1. The first-order chi connectivity index (χ1) is 9.47. The molecule has 2 aromatic carbocycles. The van der Waals surface area contributed by atoms with E-state index in [0.29, 0.717) is 11.1 Å². The van der Waals surface area contributed by atoms with Crippen molar-refractivity contribution >= 4 is 11.6 Å². The summed E-state index contributed by atoms with van der Waals surface area (Å²) in [6, 6.07) is 8.10. The molecule has 0 saturated heterocycles. The van der Waals surface area contributed by atoms with Crippen LogP contribution in [0.3, 0.4) is 0 Å². The van der Waals surface area contributed by atoms with Crippen LogP contribution in [0.5, 0.6) is 5.75 Å². The minimum absolute atomic E-state index is 0.0264. The van der Waals surface area contributed by atoms with Gasteiger partial charge in [-0.1, -0.05) is 12.1 Å². The first-order valence-electron chi connectivity index (χ1n) is 5.73. The van der Waals surface area contributed by atoms with Gasteiger partial charge in [0.25, 0.3) is 0 Å². The number of benzene rings is 2. The van der Waals surface area contributed by atoms with Crippen LogP contribution in [0.25, 0.3) is 0 Å². The summed E-state index contributed by atoms with van der Waals surface area (Å²) in [5.41, 5.74) is 11.0. The summed E-state index contributed by atoms with van der Waals surface area (Å²) in [5, 5.41) is 0. The molecule has 2 aromatic rings. The quantitative estimate of drug-likeness (QED) is 0.842. The van der Waals surface area contributed by atoms with Gasteiger partial charge in [0, 0.05) is 17.7 Å². The zero-order valence-corrected chi connectivity index (χ0v) is 10.4. The molecule has 2 rings (SSSR count). The van der Waals surface area contributed by atoms with E-state index in [1.165, 1.54) is 6.07 Å². The number of ether oxygens (including phenoxy) is 1. The predicted octanol–water partition coefficient (Wildman–Crippen LogP) is 2.22. The first kappa shape index (κ1) is 13.8. The van der Waals surface area contributed by atoms with Gasteiger partial charge in [-0.15, -0.1) is 0 Å². The maximum atomic E-state index is 13.5. The third kappa shape index (κ3) is 3.03. The van der Waals surface area contributed by atoms with Crippen molar-refractivity contribution in [1.29, 1.82) is 0 Å². The number of hydrogen-bond donors (Lipinski definition) is 2. The van der Waals surface area contributed by atoms with Crippen molar-refractivity contribution in [3.05, 3.63) is 59.2 Å². The fourth-order valence-electron chi connectivity index (χ4n) is 1.63. The summed E-state index contributed by atoms with van der Waals surface area (Å²) in [7, 11) is 0. The Hall–Kier alpha value is -2.63. The molecule has 0 aliphatic heterocycles. The second-order valence-corrected chi connectivity index (χ2v) is 4.16. The number of rotatable bonds is 4.